The number of anilines is 1. The lowest BCUT2D eigenvalue weighted by Gasteiger charge is -2.25. The van der Waals surface area contributed by atoms with Gasteiger partial charge in [-0.05, 0) is 57.9 Å². The van der Waals surface area contributed by atoms with E-state index >= 15 is 0 Å². The molecule has 0 aliphatic heterocycles. The Kier molecular flexibility index (Phi) is 3.94. The predicted octanol–water partition coefficient (Wildman–Crippen LogP) is 4.84. The molecule has 3 rings (SSSR count). The van der Waals surface area contributed by atoms with Crippen LogP contribution >= 0.6 is 0 Å². The van der Waals surface area contributed by atoms with Crippen LogP contribution in [0.1, 0.15) is 31.9 Å². The van der Waals surface area contributed by atoms with Crippen LogP contribution in [0.4, 0.5) is 14.9 Å². The molecule has 0 saturated carbocycles. The fraction of sp³-hybridized carbons (Fsp3) is 0.368. The lowest BCUT2D eigenvalue weighted by atomic mass is 10.1. The van der Waals surface area contributed by atoms with Gasteiger partial charge in [-0.1, -0.05) is 0 Å². The summed E-state index contributed by atoms with van der Waals surface area (Å²) in [4.78, 5) is 21.3. The second kappa shape index (κ2) is 5.72. The quantitative estimate of drug-likeness (QED) is 0.687. The van der Waals surface area contributed by atoms with Crippen molar-refractivity contribution in [2.24, 2.45) is 0 Å². The molecule has 2 aromatic heterocycles. The summed E-state index contributed by atoms with van der Waals surface area (Å²) in [7, 11) is 1.57. The monoisotopic (exact) mass is 343 g/mol. The van der Waals surface area contributed by atoms with Crippen LogP contribution in [-0.2, 0) is 4.74 Å². The molecular formula is C19H22FN3O2. The van der Waals surface area contributed by atoms with E-state index in [0.717, 1.165) is 16.5 Å². The van der Waals surface area contributed by atoms with E-state index in [4.69, 9.17) is 4.74 Å². The lowest BCUT2D eigenvalue weighted by molar-refractivity contribution is 0.0589. The Morgan fingerprint density at radius 3 is 2.60 bits per heavy atom. The van der Waals surface area contributed by atoms with E-state index in [1.54, 1.807) is 34.0 Å². The molecule has 0 spiro atoms. The molecule has 0 fully saturated rings. The summed E-state index contributed by atoms with van der Waals surface area (Å²) in [6.07, 6.45) is 1.24. The van der Waals surface area contributed by atoms with E-state index in [1.807, 2.05) is 13.8 Å². The van der Waals surface area contributed by atoms with E-state index in [-0.39, 0.29) is 0 Å². The summed E-state index contributed by atoms with van der Waals surface area (Å²) in [5, 5.41) is 1.57. The molecule has 1 aromatic carbocycles. The topological polar surface area (TPSA) is 58.2 Å². The molecule has 132 valence electrons. The minimum atomic E-state index is -0.631. The van der Waals surface area contributed by atoms with Crippen LogP contribution in [0.25, 0.3) is 21.9 Å². The molecule has 0 atom stereocenters. The molecular weight excluding hydrogens is 321 g/mol. The number of aromatic nitrogens is 2. The number of aromatic amines is 1. The Hall–Kier alpha value is -2.63. The van der Waals surface area contributed by atoms with Gasteiger partial charge in [-0.25, -0.2) is 14.2 Å². The fourth-order valence-electron chi connectivity index (χ4n) is 2.85. The summed E-state index contributed by atoms with van der Waals surface area (Å²) in [5.74, 6) is -0.417. The van der Waals surface area contributed by atoms with Gasteiger partial charge in [-0.15, -0.1) is 0 Å². The number of hydrogen-bond acceptors (Lipinski definition) is 3. The van der Waals surface area contributed by atoms with Crippen molar-refractivity contribution in [2.75, 3.05) is 11.9 Å². The highest BCUT2D eigenvalue weighted by molar-refractivity contribution is 6.13. The zero-order chi connectivity index (χ0) is 18.5. The normalized spacial score (nSPS) is 12.0. The highest BCUT2D eigenvalue weighted by atomic mass is 19.1. The van der Waals surface area contributed by atoms with Crippen molar-refractivity contribution in [2.45, 2.75) is 40.2 Å². The fourth-order valence-corrected chi connectivity index (χ4v) is 2.85. The average Bonchev–Trinajstić information content (AvgIpc) is 2.86. The van der Waals surface area contributed by atoms with E-state index in [0.29, 0.717) is 22.2 Å². The van der Waals surface area contributed by atoms with E-state index in [2.05, 4.69) is 9.97 Å². The Bertz CT molecular complexity index is 986. The Balaban J connectivity index is 2.22. The first kappa shape index (κ1) is 17.2. The Morgan fingerprint density at radius 2 is 1.96 bits per heavy atom. The number of ether oxygens (including phenoxy) is 1. The van der Waals surface area contributed by atoms with Crippen molar-refractivity contribution in [3.05, 3.63) is 35.3 Å². The number of carbonyl (C=O) groups excluding carboxylic acids is 1. The van der Waals surface area contributed by atoms with Gasteiger partial charge in [0.15, 0.2) is 0 Å². The van der Waals surface area contributed by atoms with Gasteiger partial charge >= 0.3 is 6.09 Å². The van der Waals surface area contributed by atoms with Crippen molar-refractivity contribution < 1.29 is 13.9 Å². The maximum atomic E-state index is 14.3. The van der Waals surface area contributed by atoms with Crippen LogP contribution in [0.5, 0.6) is 0 Å². The molecule has 0 radical (unpaired) electrons. The molecule has 0 unspecified atom stereocenters. The molecule has 5 nitrogen and oxygen atoms in total. The molecule has 1 N–H and O–H groups in total. The number of hydrogen-bond donors (Lipinski definition) is 1. The van der Waals surface area contributed by atoms with Crippen LogP contribution in [0.15, 0.2) is 18.3 Å². The molecule has 2 heterocycles. The first-order chi connectivity index (χ1) is 11.6. The standard InChI is InChI=1S/C19H22FN3O2/c1-10-9-21-17-15(11(10)2)13-7-12(20)8-14(16(13)22-17)23(6)18(24)25-19(3,4)5/h7-9H,1-6H3,(H,21,22). The third-order valence-corrected chi connectivity index (χ3v) is 4.21. The summed E-state index contributed by atoms with van der Waals surface area (Å²) in [6.45, 7) is 9.32. The summed E-state index contributed by atoms with van der Waals surface area (Å²) in [6, 6.07) is 2.79. The van der Waals surface area contributed by atoms with Crippen molar-refractivity contribution in [1.29, 1.82) is 0 Å². The van der Waals surface area contributed by atoms with E-state index in [9.17, 15) is 9.18 Å². The number of carbonyl (C=O) groups is 1. The summed E-state index contributed by atoms with van der Waals surface area (Å²) < 4.78 is 19.7. The lowest BCUT2D eigenvalue weighted by Crippen LogP contribution is -2.34. The predicted molar refractivity (Wildman–Crippen MR) is 97.7 cm³/mol. The van der Waals surface area contributed by atoms with Crippen LogP contribution < -0.4 is 4.90 Å². The van der Waals surface area contributed by atoms with Crippen LogP contribution in [0.2, 0.25) is 0 Å². The highest BCUT2D eigenvalue weighted by Crippen LogP contribution is 2.35. The SMILES string of the molecule is Cc1cnc2[nH]c3c(N(C)C(=O)OC(C)(C)C)cc(F)cc3c2c1C. The number of pyridine rings is 1. The number of benzene rings is 1. The largest absolute Gasteiger partial charge is 0.443 e. The Labute approximate surface area is 145 Å². The summed E-state index contributed by atoms with van der Waals surface area (Å²) in [5.41, 5.74) is 3.17. The van der Waals surface area contributed by atoms with Crippen LogP contribution in [0, 0.1) is 19.7 Å². The van der Waals surface area contributed by atoms with Gasteiger partial charge in [0.05, 0.1) is 11.2 Å². The third kappa shape index (κ3) is 3.04. The van der Waals surface area contributed by atoms with Gasteiger partial charge in [0.25, 0.3) is 0 Å². The maximum absolute atomic E-state index is 14.3. The Morgan fingerprint density at radius 1 is 1.28 bits per heavy atom. The van der Waals surface area contributed by atoms with Gasteiger partial charge in [0.1, 0.15) is 17.1 Å². The van der Waals surface area contributed by atoms with Crippen molar-refractivity contribution in [1.82, 2.24) is 9.97 Å². The molecule has 3 aromatic rings. The van der Waals surface area contributed by atoms with Crippen molar-refractivity contribution in [3.63, 3.8) is 0 Å². The smallest absolute Gasteiger partial charge is 0.414 e. The van der Waals surface area contributed by atoms with Gasteiger partial charge in [0, 0.05) is 24.0 Å². The number of fused-ring (bicyclic) bond motifs is 3. The zero-order valence-electron chi connectivity index (χ0n) is 15.3. The van der Waals surface area contributed by atoms with E-state index < -0.39 is 17.5 Å². The van der Waals surface area contributed by atoms with Crippen LogP contribution in [-0.4, -0.2) is 28.7 Å². The second-order valence-corrected chi connectivity index (χ2v) is 7.30. The van der Waals surface area contributed by atoms with Crippen molar-refractivity contribution >= 4 is 33.7 Å². The number of nitrogens with zero attached hydrogens (tertiary/aromatic N) is 2. The van der Waals surface area contributed by atoms with Gasteiger partial charge in [-0.2, -0.15) is 0 Å². The number of amides is 1. The van der Waals surface area contributed by atoms with Gasteiger partial charge in [0.2, 0.25) is 0 Å². The maximum Gasteiger partial charge on any atom is 0.414 e. The van der Waals surface area contributed by atoms with Gasteiger partial charge in [-0.3, -0.25) is 4.90 Å². The molecule has 0 bridgehead atoms. The minimum Gasteiger partial charge on any atom is -0.443 e. The number of rotatable bonds is 1. The summed E-state index contributed by atoms with van der Waals surface area (Å²) >= 11 is 0. The number of aryl methyl sites for hydroxylation is 2. The highest BCUT2D eigenvalue weighted by Gasteiger charge is 2.24. The van der Waals surface area contributed by atoms with E-state index in [1.165, 1.54) is 17.0 Å². The second-order valence-electron chi connectivity index (χ2n) is 7.30. The van der Waals surface area contributed by atoms with Crippen molar-refractivity contribution in [3.8, 4) is 0 Å². The minimum absolute atomic E-state index is 0.416. The molecule has 0 aliphatic rings. The first-order valence-corrected chi connectivity index (χ1v) is 8.12. The molecule has 1 amide bonds. The molecule has 6 heteroatoms. The van der Waals surface area contributed by atoms with Gasteiger partial charge < -0.3 is 9.72 Å². The number of H-pyrrole nitrogens is 1. The molecule has 0 aliphatic carbocycles. The van der Waals surface area contributed by atoms with Crippen LogP contribution in [0.3, 0.4) is 0 Å². The zero-order valence-corrected chi connectivity index (χ0v) is 15.3. The number of nitrogens with one attached hydrogen (secondary N) is 1. The first-order valence-electron chi connectivity index (χ1n) is 8.12. The number of halogens is 1. The third-order valence-electron chi connectivity index (χ3n) is 4.21. The molecule has 0 saturated heterocycles. The molecule has 25 heavy (non-hydrogen) atoms. The average molecular weight is 343 g/mol.